The number of aromatic amines is 1. The van der Waals surface area contributed by atoms with E-state index in [2.05, 4.69) is 13.1 Å². The van der Waals surface area contributed by atoms with Crippen molar-refractivity contribution >= 4 is 35.1 Å². The third-order valence-corrected chi connectivity index (χ3v) is 8.64. The van der Waals surface area contributed by atoms with Crippen LogP contribution in [0.3, 0.4) is 0 Å². The molecule has 1 fully saturated rings. The second kappa shape index (κ2) is 9.49. The number of hydrogen-bond donors (Lipinski definition) is 6. The first-order valence-corrected chi connectivity index (χ1v) is 13.4. The number of nitrogens with one attached hydrogen (secondary N) is 1. The van der Waals surface area contributed by atoms with Crippen molar-refractivity contribution in [1.29, 1.82) is 0 Å². The molecule has 3 unspecified atom stereocenters. The number of nitrogens with zero attached hydrogens (tertiary/aromatic N) is 1. The van der Waals surface area contributed by atoms with Crippen molar-refractivity contribution in [2.45, 2.75) is 43.3 Å². The smallest absolute Gasteiger partial charge is 0.387 e. The second-order valence-corrected chi connectivity index (χ2v) is 11.7. The molecule has 1 saturated heterocycles. The molecule has 0 aliphatic carbocycles. The number of terminal acetylenes is 1. The van der Waals surface area contributed by atoms with Crippen LogP contribution in [0, 0.1) is 19.3 Å². The molecule has 1 aliphatic rings. The lowest BCUT2D eigenvalue weighted by molar-refractivity contribution is -0.0754. The number of aliphatic hydroxyl groups excluding tert-OH is 1. The van der Waals surface area contributed by atoms with Crippen LogP contribution in [-0.4, -0.2) is 57.4 Å². The quantitative estimate of drug-likeness (QED) is 0.134. The average Bonchev–Trinajstić information content (AvgIpc) is 2.83. The van der Waals surface area contributed by atoms with Gasteiger partial charge in [0.15, 0.2) is 11.1 Å². The summed E-state index contributed by atoms with van der Waals surface area (Å²) in [4.78, 5) is 59.6. The zero-order valence-corrected chi connectivity index (χ0v) is 20.0. The Bertz CT molecular complexity index is 1220. The molecule has 7 atom stereocenters. The highest BCUT2D eigenvalue weighted by Gasteiger charge is 2.58. The Morgan fingerprint density at radius 3 is 2.30 bits per heavy atom. The zero-order valence-electron chi connectivity index (χ0n) is 16.5. The van der Waals surface area contributed by atoms with Gasteiger partial charge in [-0.3, -0.25) is 18.9 Å². The van der Waals surface area contributed by atoms with E-state index in [0.29, 0.717) is 0 Å². The summed E-state index contributed by atoms with van der Waals surface area (Å²) in [6.45, 7) is 2.36. The minimum atomic E-state index is -5.79. The third-order valence-electron chi connectivity index (χ3n) is 4.19. The highest BCUT2D eigenvalue weighted by Crippen LogP contribution is 2.66. The molecule has 1 aliphatic heterocycles. The number of aryl methyl sites for hydroxylation is 1. The maximum absolute atomic E-state index is 12.3. The molecular formula is C13H18ClN2O14P3. The van der Waals surface area contributed by atoms with E-state index in [1.165, 1.54) is 6.92 Å². The fraction of sp³-hybridized carbons (Fsp3) is 0.538. The van der Waals surface area contributed by atoms with Crippen LogP contribution in [0.15, 0.2) is 15.7 Å². The Morgan fingerprint density at radius 2 is 1.82 bits per heavy atom. The second-order valence-electron chi connectivity index (χ2n) is 6.66. The summed E-state index contributed by atoms with van der Waals surface area (Å²) in [7, 11) is -17.0. The number of H-pyrrole nitrogens is 1. The van der Waals surface area contributed by atoms with E-state index in [-0.39, 0.29) is 5.69 Å². The number of hydrogen-bond acceptors (Lipinski definition) is 10. The van der Waals surface area contributed by atoms with E-state index < -0.39 is 64.1 Å². The van der Waals surface area contributed by atoms with E-state index in [0.717, 1.165) is 17.6 Å². The Hall–Kier alpha value is -1.14. The molecule has 2 rings (SSSR count). The van der Waals surface area contributed by atoms with Gasteiger partial charge in [0.25, 0.3) is 5.56 Å². The summed E-state index contributed by atoms with van der Waals surface area (Å²) < 4.78 is 52.4. The minimum Gasteiger partial charge on any atom is -0.387 e. The van der Waals surface area contributed by atoms with Crippen molar-refractivity contribution < 1.29 is 56.3 Å². The van der Waals surface area contributed by atoms with Crippen molar-refractivity contribution in [2.75, 3.05) is 0 Å². The normalized spacial score (nSPS) is 30.2. The fourth-order valence-electron chi connectivity index (χ4n) is 2.96. The molecule has 16 nitrogen and oxygen atoms in total. The van der Waals surface area contributed by atoms with Gasteiger partial charge in [0.2, 0.25) is 0 Å². The van der Waals surface area contributed by atoms with Crippen molar-refractivity contribution in [3.8, 4) is 12.3 Å². The SMILES string of the molecule is C#CC1(Cl)[C@@H](O)[C@@H]([C@@H](C)OP(=O)(O)OP(=O)(O)OP(=O)(O)O)O[C@H]1n1c(C)cc(=O)[nH]c1=O. The predicted molar refractivity (Wildman–Crippen MR) is 108 cm³/mol. The lowest BCUT2D eigenvalue weighted by Gasteiger charge is -2.27. The third kappa shape index (κ3) is 6.50. The molecule has 0 saturated carbocycles. The van der Waals surface area contributed by atoms with Gasteiger partial charge in [0.1, 0.15) is 12.2 Å². The van der Waals surface area contributed by atoms with E-state index in [9.17, 15) is 38.2 Å². The molecule has 0 spiro atoms. The lowest BCUT2D eigenvalue weighted by atomic mass is 9.97. The van der Waals surface area contributed by atoms with Crippen molar-refractivity contribution in [2.24, 2.45) is 0 Å². The van der Waals surface area contributed by atoms with Gasteiger partial charge in [-0.1, -0.05) is 17.5 Å². The standard InChI is InChI=1S/C13H18ClN2O14P3/c1-4-13(14)10(18)9(27-11(13)16-6(2)5-8(17)15-12(16)19)7(3)28-32(23,24)30-33(25,26)29-31(20,21)22/h1,5,7,9-11,18H,2-3H3,(H,23,24)(H,25,26)(H,15,17,19)(H2,20,21,22)/t7-,9-,10+,11-,13?/m1/s1. The molecule has 0 amide bonds. The van der Waals surface area contributed by atoms with Gasteiger partial charge < -0.3 is 29.4 Å². The predicted octanol–water partition coefficient (Wildman–Crippen LogP) is -0.554. The molecule has 6 N–H and O–H groups in total. The van der Waals surface area contributed by atoms with Crippen LogP contribution in [0.25, 0.3) is 0 Å². The van der Waals surface area contributed by atoms with Crippen LogP contribution in [0.5, 0.6) is 0 Å². The lowest BCUT2D eigenvalue weighted by Crippen LogP contribution is -2.45. The molecule has 0 radical (unpaired) electrons. The van der Waals surface area contributed by atoms with Gasteiger partial charge in [-0.2, -0.15) is 8.62 Å². The van der Waals surface area contributed by atoms with Gasteiger partial charge in [-0.25, -0.2) is 18.5 Å². The molecule has 33 heavy (non-hydrogen) atoms. The van der Waals surface area contributed by atoms with Gasteiger partial charge in [0, 0.05) is 11.8 Å². The first-order valence-electron chi connectivity index (χ1n) is 8.47. The van der Waals surface area contributed by atoms with Crippen LogP contribution >= 0.6 is 35.1 Å². The number of phosphoric acid groups is 3. The molecule has 2 heterocycles. The molecule has 20 heteroatoms. The number of halogens is 1. The van der Waals surface area contributed by atoms with Crippen molar-refractivity contribution in [3.05, 3.63) is 32.6 Å². The number of phosphoric ester groups is 1. The van der Waals surface area contributed by atoms with Crippen LogP contribution < -0.4 is 11.2 Å². The number of aromatic nitrogens is 2. The average molecular weight is 555 g/mol. The van der Waals surface area contributed by atoms with Crippen molar-refractivity contribution in [3.63, 3.8) is 0 Å². The molecule has 1 aromatic heterocycles. The van der Waals surface area contributed by atoms with Crippen LogP contribution in [-0.2, 0) is 31.6 Å². The molecule has 0 aromatic carbocycles. The Kier molecular flexibility index (Phi) is 8.08. The van der Waals surface area contributed by atoms with E-state index >= 15 is 0 Å². The highest BCUT2D eigenvalue weighted by atomic mass is 35.5. The summed E-state index contributed by atoms with van der Waals surface area (Å²) >= 11 is 6.31. The van der Waals surface area contributed by atoms with Gasteiger partial charge >= 0.3 is 29.2 Å². The molecule has 186 valence electrons. The van der Waals surface area contributed by atoms with Gasteiger partial charge in [-0.15, -0.1) is 6.42 Å². The first kappa shape index (κ1) is 28.1. The number of aliphatic hydroxyl groups is 1. The maximum Gasteiger partial charge on any atom is 0.490 e. The van der Waals surface area contributed by atoms with Gasteiger partial charge in [-0.05, 0) is 13.8 Å². The Morgan fingerprint density at radius 1 is 1.24 bits per heavy atom. The van der Waals surface area contributed by atoms with Gasteiger partial charge in [0.05, 0.1) is 6.10 Å². The minimum absolute atomic E-state index is 0.0300. The summed E-state index contributed by atoms with van der Waals surface area (Å²) in [5, 5.41) is 10.6. The summed E-state index contributed by atoms with van der Waals surface area (Å²) in [6.07, 6.45) is -1.45. The van der Waals surface area contributed by atoms with E-state index in [1.807, 2.05) is 10.9 Å². The summed E-state index contributed by atoms with van der Waals surface area (Å²) in [5.41, 5.74) is -1.72. The number of alkyl halides is 1. The van der Waals surface area contributed by atoms with Crippen LogP contribution in [0.2, 0.25) is 0 Å². The largest absolute Gasteiger partial charge is 0.490 e. The molecule has 1 aromatic rings. The van der Waals surface area contributed by atoms with Crippen LogP contribution in [0.4, 0.5) is 0 Å². The monoisotopic (exact) mass is 554 g/mol. The van der Waals surface area contributed by atoms with E-state index in [1.54, 1.807) is 0 Å². The molecule has 0 bridgehead atoms. The summed E-state index contributed by atoms with van der Waals surface area (Å²) in [6, 6.07) is 1.01. The Labute approximate surface area is 189 Å². The highest BCUT2D eigenvalue weighted by molar-refractivity contribution is 7.66. The zero-order chi connectivity index (χ0) is 25.6. The van der Waals surface area contributed by atoms with Crippen molar-refractivity contribution in [1.82, 2.24) is 9.55 Å². The molecular weight excluding hydrogens is 537 g/mol. The summed E-state index contributed by atoms with van der Waals surface area (Å²) in [5.74, 6) is 2.05. The van der Waals surface area contributed by atoms with E-state index in [4.69, 9.17) is 32.5 Å². The first-order chi connectivity index (χ1) is 14.8. The fourth-order valence-corrected chi connectivity index (χ4v) is 6.44. The topological polar surface area (TPSA) is 244 Å². The Balaban J connectivity index is 2.33. The number of ether oxygens (including phenoxy) is 1. The maximum atomic E-state index is 12.3. The van der Waals surface area contributed by atoms with Crippen LogP contribution in [0.1, 0.15) is 18.8 Å². The number of rotatable bonds is 8.